The van der Waals surface area contributed by atoms with E-state index < -0.39 is 28.3 Å². The molecule has 0 saturated carbocycles. The average Bonchev–Trinajstić information content (AvgIpc) is 2.84. The molecule has 0 radical (unpaired) electrons. The van der Waals surface area contributed by atoms with E-state index in [2.05, 4.69) is 0 Å². The lowest BCUT2D eigenvalue weighted by Crippen LogP contribution is -2.80. The number of hydrogen-bond acceptors (Lipinski definition) is 5. The molecule has 1 aliphatic heterocycles. The molecule has 34 heavy (non-hydrogen) atoms. The van der Waals surface area contributed by atoms with Crippen molar-refractivity contribution in [2.45, 2.75) is 61.5 Å². The smallest absolute Gasteiger partial charge is 0.136 e. The summed E-state index contributed by atoms with van der Waals surface area (Å²) < 4.78 is 6.34. The largest absolute Gasteiger partial charge is 0.384 e. The summed E-state index contributed by atoms with van der Waals surface area (Å²) in [6, 6.07) is 28.8. The zero-order valence-electron chi connectivity index (χ0n) is 19.8. The van der Waals surface area contributed by atoms with Crippen LogP contribution in [0.4, 0.5) is 0 Å². The second-order valence-corrected chi connectivity index (χ2v) is 10.6. The number of ether oxygens (including phenoxy) is 1. The lowest BCUT2D eigenvalue weighted by molar-refractivity contribution is -0.335. The van der Waals surface area contributed by atoms with Gasteiger partial charge < -0.3 is 20.1 Å². The molecule has 1 fully saturated rings. The van der Waals surface area contributed by atoms with Gasteiger partial charge in [0.15, 0.2) is 0 Å². The van der Waals surface area contributed by atoms with E-state index in [0.717, 1.165) is 16.7 Å². The molecule has 4 nitrogen and oxygen atoms in total. The lowest BCUT2D eigenvalue weighted by Gasteiger charge is -2.61. The highest BCUT2D eigenvalue weighted by molar-refractivity contribution is 7.99. The molecular weight excluding hydrogens is 444 g/mol. The fraction of sp³-hybridized carbons (Fsp3) is 0.379. The van der Waals surface area contributed by atoms with E-state index in [9.17, 15) is 15.3 Å². The highest BCUT2D eigenvalue weighted by Gasteiger charge is 2.70. The van der Waals surface area contributed by atoms with E-state index >= 15 is 0 Å². The summed E-state index contributed by atoms with van der Waals surface area (Å²) in [6.45, 7) is 3.80. The Labute approximate surface area is 206 Å². The van der Waals surface area contributed by atoms with Crippen LogP contribution in [0.15, 0.2) is 91.0 Å². The average molecular weight is 479 g/mol. The number of thioether (sulfide) groups is 1. The number of hydrogen-bond donors (Lipinski definition) is 3. The standard InChI is InChI=1S/C29H34O4S/c1-3-34-26-28(31,20-24-15-9-5-10-16-24)29(32,21-25-17-11-6-12-18-25)27(30,22(2)33-26)19-23-13-7-4-8-14-23/h4-18,22,26,30-32H,3,19-21H2,1-2H3/t22-,26+,27-,28+,29+/m1/s1. The second kappa shape index (κ2) is 10.2. The van der Waals surface area contributed by atoms with Crippen LogP contribution in [0.2, 0.25) is 0 Å². The van der Waals surface area contributed by atoms with Gasteiger partial charge in [-0.25, -0.2) is 0 Å². The molecule has 5 atom stereocenters. The normalized spacial score (nSPS) is 31.3. The van der Waals surface area contributed by atoms with Crippen molar-refractivity contribution in [2.75, 3.05) is 5.75 Å². The number of aliphatic hydroxyl groups is 3. The van der Waals surface area contributed by atoms with Gasteiger partial charge in [0, 0.05) is 19.3 Å². The minimum Gasteiger partial charge on any atom is -0.384 e. The van der Waals surface area contributed by atoms with Crippen LogP contribution in [0.5, 0.6) is 0 Å². The summed E-state index contributed by atoms with van der Waals surface area (Å²) in [4.78, 5) is 0. The van der Waals surface area contributed by atoms with Gasteiger partial charge in [0.2, 0.25) is 0 Å². The molecule has 0 bridgehead atoms. The van der Waals surface area contributed by atoms with Crippen molar-refractivity contribution in [3.05, 3.63) is 108 Å². The molecular formula is C29H34O4S. The lowest BCUT2D eigenvalue weighted by atomic mass is 9.60. The van der Waals surface area contributed by atoms with Crippen molar-refractivity contribution in [2.24, 2.45) is 0 Å². The summed E-state index contributed by atoms with van der Waals surface area (Å²) in [5.41, 5.74) is -3.50. The Kier molecular flexibility index (Phi) is 7.51. The summed E-state index contributed by atoms with van der Waals surface area (Å²) in [7, 11) is 0. The van der Waals surface area contributed by atoms with E-state index in [-0.39, 0.29) is 19.3 Å². The Hall–Kier alpha value is -2.15. The first-order valence-electron chi connectivity index (χ1n) is 11.9. The third kappa shape index (κ3) is 4.56. The fourth-order valence-corrected chi connectivity index (χ4v) is 6.28. The van der Waals surface area contributed by atoms with Crippen molar-refractivity contribution in [3.63, 3.8) is 0 Å². The third-order valence-corrected chi connectivity index (χ3v) is 8.21. The minimum absolute atomic E-state index is 0.0922. The molecule has 0 aromatic heterocycles. The van der Waals surface area contributed by atoms with E-state index in [4.69, 9.17) is 4.74 Å². The van der Waals surface area contributed by atoms with Gasteiger partial charge in [0.05, 0.1) is 6.10 Å². The first-order valence-corrected chi connectivity index (χ1v) is 12.9. The van der Waals surface area contributed by atoms with Crippen LogP contribution in [0.1, 0.15) is 30.5 Å². The maximum absolute atomic E-state index is 12.7. The van der Waals surface area contributed by atoms with Gasteiger partial charge in [0.25, 0.3) is 0 Å². The van der Waals surface area contributed by atoms with Crippen LogP contribution in [0.3, 0.4) is 0 Å². The van der Waals surface area contributed by atoms with E-state index in [0.29, 0.717) is 5.75 Å². The third-order valence-electron chi connectivity index (χ3n) is 7.08. The second-order valence-electron chi connectivity index (χ2n) is 9.26. The van der Waals surface area contributed by atoms with Gasteiger partial charge >= 0.3 is 0 Å². The maximum atomic E-state index is 12.7. The van der Waals surface area contributed by atoms with Gasteiger partial charge in [-0.3, -0.25) is 0 Å². The van der Waals surface area contributed by atoms with Gasteiger partial charge in [-0.1, -0.05) is 97.9 Å². The molecule has 1 saturated heterocycles. The van der Waals surface area contributed by atoms with Crippen LogP contribution in [-0.2, 0) is 24.0 Å². The Morgan fingerprint density at radius 3 is 1.53 bits per heavy atom. The first-order chi connectivity index (χ1) is 16.3. The molecule has 0 amide bonds. The van der Waals surface area contributed by atoms with E-state index in [1.807, 2.05) is 97.9 Å². The Bertz CT molecular complexity index is 1050. The van der Waals surface area contributed by atoms with Crippen molar-refractivity contribution < 1.29 is 20.1 Å². The fourth-order valence-electron chi connectivity index (χ4n) is 5.18. The molecule has 1 heterocycles. The molecule has 3 aromatic rings. The van der Waals surface area contributed by atoms with Crippen molar-refractivity contribution in [1.82, 2.24) is 0 Å². The summed E-state index contributed by atoms with van der Waals surface area (Å²) >= 11 is 1.46. The summed E-state index contributed by atoms with van der Waals surface area (Å²) in [5, 5.41) is 37.5. The Morgan fingerprint density at radius 1 is 0.676 bits per heavy atom. The molecule has 0 aliphatic carbocycles. The van der Waals surface area contributed by atoms with Gasteiger partial charge in [-0.05, 0) is 29.4 Å². The Balaban J connectivity index is 1.87. The molecule has 0 unspecified atom stereocenters. The molecule has 3 N–H and O–H groups in total. The monoisotopic (exact) mass is 478 g/mol. The quantitative estimate of drug-likeness (QED) is 0.448. The van der Waals surface area contributed by atoms with Crippen molar-refractivity contribution >= 4 is 11.8 Å². The van der Waals surface area contributed by atoms with Crippen LogP contribution < -0.4 is 0 Å². The molecule has 3 aromatic carbocycles. The zero-order valence-corrected chi connectivity index (χ0v) is 20.6. The van der Waals surface area contributed by atoms with Crippen molar-refractivity contribution in [1.29, 1.82) is 0 Å². The van der Waals surface area contributed by atoms with Crippen LogP contribution >= 0.6 is 11.8 Å². The van der Waals surface area contributed by atoms with Crippen LogP contribution in [-0.4, -0.2) is 49.4 Å². The number of benzene rings is 3. The maximum Gasteiger partial charge on any atom is 0.136 e. The van der Waals surface area contributed by atoms with E-state index in [1.165, 1.54) is 11.8 Å². The summed E-state index contributed by atoms with van der Waals surface area (Å²) in [5.74, 6) is 0.701. The van der Waals surface area contributed by atoms with Gasteiger partial charge in [-0.2, -0.15) is 0 Å². The highest BCUT2D eigenvalue weighted by Crippen LogP contribution is 2.51. The van der Waals surface area contributed by atoms with E-state index in [1.54, 1.807) is 6.92 Å². The zero-order chi connectivity index (χ0) is 24.2. The Morgan fingerprint density at radius 2 is 1.09 bits per heavy atom. The molecule has 1 aliphatic rings. The highest BCUT2D eigenvalue weighted by atomic mass is 32.2. The minimum atomic E-state index is -1.89. The summed E-state index contributed by atoms with van der Waals surface area (Å²) in [6.07, 6.45) is -0.311. The molecule has 180 valence electrons. The van der Waals surface area contributed by atoms with Crippen molar-refractivity contribution in [3.8, 4) is 0 Å². The SMILES string of the molecule is CCS[C@@H]1O[C@H](C)[C@](O)(Cc2ccccc2)[C@@](O)(Cc2ccccc2)[C@]1(O)Cc1ccccc1. The first kappa shape index (κ1) is 25.0. The van der Waals surface area contributed by atoms with Gasteiger partial charge in [-0.15, -0.1) is 11.8 Å². The van der Waals surface area contributed by atoms with Gasteiger partial charge in [0.1, 0.15) is 22.2 Å². The predicted octanol–water partition coefficient (Wildman–Crippen LogP) is 4.41. The molecule has 4 rings (SSSR count). The number of rotatable bonds is 8. The van der Waals surface area contributed by atoms with Crippen LogP contribution in [0.25, 0.3) is 0 Å². The topological polar surface area (TPSA) is 69.9 Å². The predicted molar refractivity (Wildman–Crippen MR) is 138 cm³/mol. The molecule has 0 spiro atoms. The van der Waals surface area contributed by atoms with Crippen LogP contribution in [0, 0.1) is 0 Å². The molecule has 5 heteroatoms.